The Morgan fingerprint density at radius 3 is 2.60 bits per heavy atom. The van der Waals surface area contributed by atoms with Gasteiger partial charge in [0, 0.05) is 11.9 Å². The Labute approximate surface area is 64.1 Å². The second-order valence-corrected chi connectivity index (χ2v) is 3.25. The van der Waals surface area contributed by atoms with E-state index < -0.39 is 0 Å². The fourth-order valence-electron chi connectivity index (χ4n) is 0.912. The normalized spacial score (nSPS) is 10.4. The molecule has 0 radical (unpaired) electrons. The van der Waals surface area contributed by atoms with E-state index in [1.54, 1.807) is 0 Å². The van der Waals surface area contributed by atoms with Crippen LogP contribution in [0.15, 0.2) is 18.3 Å². The molecule has 0 saturated heterocycles. The molecule has 0 aromatic carbocycles. The van der Waals surface area contributed by atoms with Crippen molar-refractivity contribution in [2.24, 2.45) is 0 Å². The number of aromatic nitrogens is 1. The smallest absolute Gasteiger partial charge is 0.0500 e. The molecule has 0 saturated carbocycles. The van der Waals surface area contributed by atoms with Gasteiger partial charge in [0.1, 0.15) is 0 Å². The summed E-state index contributed by atoms with van der Waals surface area (Å²) in [6, 6.07) is 4.02. The summed E-state index contributed by atoms with van der Waals surface area (Å²) in [5.74, 6) is 0.522. The second kappa shape index (κ2) is 3.12. The summed E-state index contributed by atoms with van der Waals surface area (Å²) in [6.07, 6.45) is 1.84. The quantitative estimate of drug-likeness (QED) is 0.559. The molecule has 0 spiro atoms. The van der Waals surface area contributed by atoms with Gasteiger partial charge in [-0.25, -0.2) is 0 Å². The van der Waals surface area contributed by atoms with Gasteiger partial charge in [0.25, 0.3) is 0 Å². The molecule has 0 N–H and O–H groups in total. The van der Waals surface area contributed by atoms with Gasteiger partial charge in [0.05, 0.1) is 0 Å². The van der Waals surface area contributed by atoms with Gasteiger partial charge in [-0.15, -0.1) is 9.24 Å². The molecule has 0 aliphatic carbocycles. The van der Waals surface area contributed by atoms with E-state index >= 15 is 0 Å². The van der Waals surface area contributed by atoms with E-state index in [1.807, 2.05) is 12.3 Å². The molecule has 1 unspecified atom stereocenters. The summed E-state index contributed by atoms with van der Waals surface area (Å²) in [7, 11) is 2.69. The van der Waals surface area contributed by atoms with Gasteiger partial charge in [0.15, 0.2) is 0 Å². The fourth-order valence-corrected chi connectivity index (χ4v) is 1.43. The van der Waals surface area contributed by atoms with E-state index in [0.29, 0.717) is 5.92 Å². The monoisotopic (exact) mass is 153 g/mol. The minimum Gasteiger partial charge on any atom is -0.260 e. The summed E-state index contributed by atoms with van der Waals surface area (Å²) in [5.41, 5.74) is 1.17. The van der Waals surface area contributed by atoms with Crippen LogP contribution in [0.1, 0.15) is 25.5 Å². The summed E-state index contributed by atoms with van der Waals surface area (Å²) in [4.78, 5) is 4.26. The van der Waals surface area contributed by atoms with E-state index in [2.05, 4.69) is 34.1 Å². The molecule has 10 heavy (non-hydrogen) atoms. The molecule has 1 heterocycles. The highest BCUT2D eigenvalue weighted by molar-refractivity contribution is 7.27. The van der Waals surface area contributed by atoms with Crippen molar-refractivity contribution >= 4 is 14.5 Å². The van der Waals surface area contributed by atoms with Gasteiger partial charge in [0.2, 0.25) is 0 Å². The molecule has 54 valence electrons. The van der Waals surface area contributed by atoms with Crippen LogP contribution in [0.4, 0.5) is 0 Å². The largest absolute Gasteiger partial charge is 0.260 e. The number of hydrogen-bond acceptors (Lipinski definition) is 1. The van der Waals surface area contributed by atoms with E-state index in [-0.39, 0.29) is 0 Å². The maximum atomic E-state index is 4.26. The summed E-state index contributed by atoms with van der Waals surface area (Å²) in [6.45, 7) is 4.30. The first-order valence-corrected chi connectivity index (χ1v) is 4.00. The molecule has 1 nitrogen and oxygen atoms in total. The Morgan fingerprint density at radius 1 is 1.50 bits per heavy atom. The van der Waals surface area contributed by atoms with Crippen LogP contribution in [-0.4, -0.2) is 4.98 Å². The zero-order valence-corrected chi connectivity index (χ0v) is 7.49. The number of rotatable bonds is 1. The highest BCUT2D eigenvalue weighted by atomic mass is 31.0. The van der Waals surface area contributed by atoms with Crippen LogP contribution in [0.2, 0.25) is 0 Å². The van der Waals surface area contributed by atoms with Gasteiger partial charge in [-0.1, -0.05) is 19.9 Å². The molecule has 1 rings (SSSR count). The zero-order valence-electron chi connectivity index (χ0n) is 6.33. The van der Waals surface area contributed by atoms with Crippen molar-refractivity contribution in [1.29, 1.82) is 0 Å². The molecular weight excluding hydrogens is 141 g/mol. The molecule has 0 fully saturated rings. The van der Waals surface area contributed by atoms with Crippen molar-refractivity contribution in [1.82, 2.24) is 4.98 Å². The van der Waals surface area contributed by atoms with Gasteiger partial charge in [-0.05, 0) is 17.3 Å². The van der Waals surface area contributed by atoms with E-state index in [4.69, 9.17) is 0 Å². The van der Waals surface area contributed by atoms with Crippen LogP contribution in [0.3, 0.4) is 0 Å². The average molecular weight is 153 g/mol. The number of pyridine rings is 1. The standard InChI is InChI=1S/C8H12NP/c1-6(2)8-7(10)4-3-5-9-8/h3-6H,10H2,1-2H3. The molecule has 0 bridgehead atoms. The SMILES string of the molecule is CC(C)c1ncccc1P. The molecule has 2 heteroatoms. The van der Waals surface area contributed by atoms with Gasteiger partial charge in [-0.3, -0.25) is 4.98 Å². The van der Waals surface area contributed by atoms with Crippen LogP contribution in [0.25, 0.3) is 0 Å². The first-order chi connectivity index (χ1) is 4.72. The first kappa shape index (κ1) is 7.68. The number of nitrogens with zero attached hydrogens (tertiary/aromatic N) is 1. The van der Waals surface area contributed by atoms with Crippen molar-refractivity contribution in [3.05, 3.63) is 24.0 Å². The summed E-state index contributed by atoms with van der Waals surface area (Å²) < 4.78 is 0. The van der Waals surface area contributed by atoms with Crippen LogP contribution < -0.4 is 5.30 Å². The lowest BCUT2D eigenvalue weighted by Gasteiger charge is -2.05. The highest BCUT2D eigenvalue weighted by Crippen LogP contribution is 2.09. The Morgan fingerprint density at radius 2 is 2.20 bits per heavy atom. The van der Waals surface area contributed by atoms with Crippen LogP contribution in [0, 0.1) is 0 Å². The average Bonchev–Trinajstić information content (AvgIpc) is 1.88. The lowest BCUT2D eigenvalue weighted by molar-refractivity contribution is 0.831. The van der Waals surface area contributed by atoms with Crippen molar-refractivity contribution in [2.45, 2.75) is 19.8 Å². The molecule has 1 atom stereocenters. The third kappa shape index (κ3) is 1.54. The topological polar surface area (TPSA) is 12.9 Å². The maximum Gasteiger partial charge on any atom is 0.0500 e. The first-order valence-electron chi connectivity index (χ1n) is 3.42. The van der Waals surface area contributed by atoms with E-state index in [9.17, 15) is 0 Å². The lowest BCUT2D eigenvalue weighted by Crippen LogP contribution is -2.05. The molecule has 1 aromatic rings. The Kier molecular flexibility index (Phi) is 2.39. The van der Waals surface area contributed by atoms with Crippen LogP contribution in [0.5, 0.6) is 0 Å². The molecule has 0 amide bonds. The Bertz CT molecular complexity index is 220. The second-order valence-electron chi connectivity index (χ2n) is 2.63. The summed E-state index contributed by atoms with van der Waals surface area (Å²) in [5, 5.41) is 1.21. The van der Waals surface area contributed by atoms with Crippen molar-refractivity contribution in [3.8, 4) is 0 Å². The van der Waals surface area contributed by atoms with E-state index in [0.717, 1.165) is 0 Å². The Hall–Kier alpha value is -0.420. The van der Waals surface area contributed by atoms with Gasteiger partial charge >= 0.3 is 0 Å². The molecule has 0 aliphatic heterocycles. The highest BCUT2D eigenvalue weighted by Gasteiger charge is 2.01. The van der Waals surface area contributed by atoms with Crippen molar-refractivity contribution in [2.75, 3.05) is 0 Å². The minimum absolute atomic E-state index is 0.522. The third-order valence-corrected chi connectivity index (χ3v) is 1.91. The summed E-state index contributed by atoms with van der Waals surface area (Å²) >= 11 is 0. The van der Waals surface area contributed by atoms with Crippen LogP contribution >= 0.6 is 9.24 Å². The molecule has 1 aromatic heterocycles. The van der Waals surface area contributed by atoms with Crippen molar-refractivity contribution in [3.63, 3.8) is 0 Å². The maximum absolute atomic E-state index is 4.26. The van der Waals surface area contributed by atoms with E-state index in [1.165, 1.54) is 11.0 Å². The predicted molar refractivity (Wildman–Crippen MR) is 47.7 cm³/mol. The lowest BCUT2D eigenvalue weighted by atomic mass is 10.1. The van der Waals surface area contributed by atoms with Gasteiger partial charge in [-0.2, -0.15) is 0 Å². The minimum atomic E-state index is 0.522. The number of hydrogen-bond donors (Lipinski definition) is 0. The predicted octanol–water partition coefficient (Wildman–Crippen LogP) is 1.71. The van der Waals surface area contributed by atoms with Crippen molar-refractivity contribution < 1.29 is 0 Å². The zero-order chi connectivity index (χ0) is 7.56. The molecular formula is C8H12NP. The Balaban J connectivity index is 3.03. The fraction of sp³-hybridized carbons (Fsp3) is 0.375. The molecule has 0 aliphatic rings. The third-order valence-electron chi connectivity index (χ3n) is 1.42. The van der Waals surface area contributed by atoms with Crippen LogP contribution in [-0.2, 0) is 0 Å². The van der Waals surface area contributed by atoms with Gasteiger partial charge < -0.3 is 0 Å².